The average Bonchev–Trinajstić information content (AvgIpc) is 2.93. The molecule has 6 heteroatoms. The molecule has 3 rings (SSSR count). The van der Waals surface area contributed by atoms with E-state index < -0.39 is 11.9 Å². The highest BCUT2D eigenvalue weighted by molar-refractivity contribution is 5.86. The molecular weight excluding hydrogens is 299 g/mol. The van der Waals surface area contributed by atoms with Gasteiger partial charge < -0.3 is 10.0 Å². The molecule has 1 aromatic rings. The topological polar surface area (TPSA) is 60.9 Å². The van der Waals surface area contributed by atoms with Gasteiger partial charge in [-0.05, 0) is 30.5 Å². The van der Waals surface area contributed by atoms with E-state index in [-0.39, 0.29) is 24.2 Å². The Labute approximate surface area is 134 Å². The van der Waals surface area contributed by atoms with Crippen molar-refractivity contribution in [2.45, 2.75) is 31.8 Å². The van der Waals surface area contributed by atoms with Gasteiger partial charge in [-0.2, -0.15) is 0 Å². The lowest BCUT2D eigenvalue weighted by Gasteiger charge is -2.36. The van der Waals surface area contributed by atoms with Crippen molar-refractivity contribution in [2.24, 2.45) is 5.92 Å². The Hall–Kier alpha value is -1.95. The van der Waals surface area contributed by atoms with Gasteiger partial charge in [0.15, 0.2) is 0 Å². The van der Waals surface area contributed by atoms with E-state index >= 15 is 0 Å². The quantitative estimate of drug-likeness (QED) is 0.918. The van der Waals surface area contributed by atoms with Crippen LogP contribution in [0.15, 0.2) is 24.3 Å². The van der Waals surface area contributed by atoms with E-state index in [2.05, 4.69) is 4.90 Å². The van der Waals surface area contributed by atoms with Crippen LogP contribution in [0.5, 0.6) is 0 Å². The fourth-order valence-corrected chi connectivity index (χ4v) is 3.49. The second-order valence-corrected chi connectivity index (χ2v) is 6.42. The van der Waals surface area contributed by atoms with Crippen LogP contribution in [-0.2, 0) is 16.1 Å². The van der Waals surface area contributed by atoms with Gasteiger partial charge in [0.1, 0.15) is 5.82 Å². The molecule has 0 aliphatic carbocycles. The molecule has 0 radical (unpaired) electrons. The molecule has 0 aromatic heterocycles. The number of halogens is 1. The number of carbonyl (C=O) groups excluding carboxylic acids is 1. The fourth-order valence-electron chi connectivity index (χ4n) is 3.49. The molecule has 1 atom stereocenters. The van der Waals surface area contributed by atoms with Crippen molar-refractivity contribution < 1.29 is 19.1 Å². The summed E-state index contributed by atoms with van der Waals surface area (Å²) in [5, 5.41) is 9.06. The molecule has 1 aromatic carbocycles. The number of amides is 1. The second kappa shape index (κ2) is 6.66. The van der Waals surface area contributed by atoms with Gasteiger partial charge in [0.05, 0.1) is 5.92 Å². The summed E-state index contributed by atoms with van der Waals surface area (Å²) in [6.07, 6.45) is 1.85. The van der Waals surface area contributed by atoms with E-state index in [0.717, 1.165) is 38.0 Å². The number of aliphatic carboxylic acids is 1. The summed E-state index contributed by atoms with van der Waals surface area (Å²) in [6.45, 7) is 2.85. The molecule has 23 heavy (non-hydrogen) atoms. The Morgan fingerprint density at radius 1 is 1.22 bits per heavy atom. The third kappa shape index (κ3) is 3.69. The number of benzene rings is 1. The van der Waals surface area contributed by atoms with Gasteiger partial charge in [0, 0.05) is 38.6 Å². The fraction of sp³-hybridized carbons (Fsp3) is 0.529. The number of piperidine rings is 1. The molecule has 2 aliphatic rings. The number of hydrogen-bond acceptors (Lipinski definition) is 3. The van der Waals surface area contributed by atoms with Crippen molar-refractivity contribution in [3.05, 3.63) is 35.6 Å². The number of likely N-dealkylation sites (tertiary alicyclic amines) is 2. The highest BCUT2D eigenvalue weighted by Crippen LogP contribution is 2.26. The molecule has 2 fully saturated rings. The molecule has 124 valence electrons. The number of carbonyl (C=O) groups is 2. The van der Waals surface area contributed by atoms with Crippen molar-refractivity contribution in [2.75, 3.05) is 19.6 Å². The van der Waals surface area contributed by atoms with Gasteiger partial charge in [0.25, 0.3) is 0 Å². The van der Waals surface area contributed by atoms with E-state index in [4.69, 9.17) is 5.11 Å². The first-order valence-electron chi connectivity index (χ1n) is 8.02. The Balaban J connectivity index is 1.51. The number of carboxylic acids is 1. The largest absolute Gasteiger partial charge is 0.481 e. The van der Waals surface area contributed by atoms with Crippen LogP contribution in [0.1, 0.15) is 24.8 Å². The summed E-state index contributed by atoms with van der Waals surface area (Å²) in [4.78, 5) is 27.1. The number of rotatable bonds is 4. The zero-order valence-electron chi connectivity index (χ0n) is 12.9. The second-order valence-electron chi connectivity index (χ2n) is 6.42. The van der Waals surface area contributed by atoms with Crippen LogP contribution in [0.2, 0.25) is 0 Å². The summed E-state index contributed by atoms with van der Waals surface area (Å²) in [6, 6.07) is 6.68. The zero-order chi connectivity index (χ0) is 16.4. The summed E-state index contributed by atoms with van der Waals surface area (Å²) in [5.41, 5.74) is 1.08. The van der Waals surface area contributed by atoms with E-state index in [1.165, 1.54) is 12.1 Å². The monoisotopic (exact) mass is 320 g/mol. The molecular formula is C17H21FN2O3. The SMILES string of the molecule is O=C(O)[C@H]1CC(=O)N(C2CCN(Cc3ccc(F)cc3)CC2)C1. The average molecular weight is 320 g/mol. The van der Waals surface area contributed by atoms with Crippen molar-refractivity contribution >= 4 is 11.9 Å². The van der Waals surface area contributed by atoms with Crippen molar-refractivity contribution in [3.63, 3.8) is 0 Å². The van der Waals surface area contributed by atoms with Crippen molar-refractivity contribution in [1.29, 1.82) is 0 Å². The number of carboxylic acid groups (broad SMARTS) is 1. The molecule has 1 amide bonds. The van der Waals surface area contributed by atoms with E-state index in [1.807, 2.05) is 0 Å². The maximum absolute atomic E-state index is 12.9. The number of hydrogen-bond donors (Lipinski definition) is 1. The maximum Gasteiger partial charge on any atom is 0.308 e. The van der Waals surface area contributed by atoms with Gasteiger partial charge in [-0.15, -0.1) is 0 Å². The van der Waals surface area contributed by atoms with Gasteiger partial charge in [-0.1, -0.05) is 12.1 Å². The van der Waals surface area contributed by atoms with Crippen LogP contribution >= 0.6 is 0 Å². The van der Waals surface area contributed by atoms with Crippen LogP contribution in [0, 0.1) is 11.7 Å². The van der Waals surface area contributed by atoms with Crippen LogP contribution in [-0.4, -0.2) is 52.5 Å². The molecule has 0 unspecified atom stereocenters. The minimum absolute atomic E-state index is 0.0330. The van der Waals surface area contributed by atoms with Crippen LogP contribution in [0.4, 0.5) is 4.39 Å². The normalized spacial score (nSPS) is 23.4. The lowest BCUT2D eigenvalue weighted by Crippen LogP contribution is -2.45. The highest BCUT2D eigenvalue weighted by atomic mass is 19.1. The zero-order valence-corrected chi connectivity index (χ0v) is 12.9. The Bertz CT molecular complexity index is 582. The molecule has 2 aliphatic heterocycles. The van der Waals surface area contributed by atoms with Crippen LogP contribution in [0.3, 0.4) is 0 Å². The Morgan fingerprint density at radius 2 is 1.87 bits per heavy atom. The first-order chi connectivity index (χ1) is 11.0. The molecule has 0 saturated carbocycles. The molecule has 5 nitrogen and oxygen atoms in total. The Morgan fingerprint density at radius 3 is 2.43 bits per heavy atom. The van der Waals surface area contributed by atoms with E-state index in [9.17, 15) is 14.0 Å². The standard InChI is InChI=1S/C17H21FN2O3/c18-14-3-1-12(2-4-14)10-19-7-5-15(6-8-19)20-11-13(17(22)23)9-16(20)21/h1-4,13,15H,5-11H2,(H,22,23)/t13-/m0/s1. The lowest BCUT2D eigenvalue weighted by molar-refractivity contribution is -0.141. The summed E-state index contributed by atoms with van der Waals surface area (Å²) < 4.78 is 12.9. The third-order valence-electron chi connectivity index (χ3n) is 4.83. The van der Waals surface area contributed by atoms with E-state index in [1.54, 1.807) is 17.0 Å². The minimum atomic E-state index is -0.880. The number of nitrogens with zero attached hydrogens (tertiary/aromatic N) is 2. The predicted molar refractivity (Wildman–Crippen MR) is 82.2 cm³/mol. The predicted octanol–water partition coefficient (Wildman–Crippen LogP) is 1.72. The van der Waals surface area contributed by atoms with Crippen LogP contribution in [0.25, 0.3) is 0 Å². The van der Waals surface area contributed by atoms with Gasteiger partial charge >= 0.3 is 5.97 Å². The summed E-state index contributed by atoms with van der Waals surface area (Å²) >= 11 is 0. The van der Waals surface area contributed by atoms with Crippen LogP contribution < -0.4 is 0 Å². The summed E-state index contributed by atoms with van der Waals surface area (Å²) in [5.74, 6) is -1.70. The molecule has 0 bridgehead atoms. The molecule has 0 spiro atoms. The minimum Gasteiger partial charge on any atom is -0.481 e. The third-order valence-corrected chi connectivity index (χ3v) is 4.83. The van der Waals surface area contributed by atoms with Gasteiger partial charge in [-0.3, -0.25) is 14.5 Å². The maximum atomic E-state index is 12.9. The summed E-state index contributed by atoms with van der Waals surface area (Å²) in [7, 11) is 0. The smallest absolute Gasteiger partial charge is 0.308 e. The van der Waals surface area contributed by atoms with Crippen molar-refractivity contribution in [3.8, 4) is 0 Å². The first-order valence-corrected chi connectivity index (χ1v) is 8.02. The Kier molecular flexibility index (Phi) is 4.61. The highest BCUT2D eigenvalue weighted by Gasteiger charge is 2.38. The first kappa shape index (κ1) is 15.9. The molecule has 2 saturated heterocycles. The molecule has 2 heterocycles. The van der Waals surface area contributed by atoms with Gasteiger partial charge in [-0.25, -0.2) is 4.39 Å². The molecule has 1 N–H and O–H groups in total. The van der Waals surface area contributed by atoms with E-state index in [0.29, 0.717) is 6.54 Å². The lowest BCUT2D eigenvalue weighted by atomic mass is 10.0. The van der Waals surface area contributed by atoms with Gasteiger partial charge in [0.2, 0.25) is 5.91 Å². The van der Waals surface area contributed by atoms with Crippen molar-refractivity contribution in [1.82, 2.24) is 9.80 Å².